The lowest BCUT2D eigenvalue weighted by Gasteiger charge is -2.21. The van der Waals surface area contributed by atoms with Gasteiger partial charge in [-0.1, -0.05) is 30.5 Å². The largest absolute Gasteiger partial charge is 0.389 e. The van der Waals surface area contributed by atoms with Crippen molar-refractivity contribution >= 4 is 23.2 Å². The molecule has 0 saturated heterocycles. The number of carbonyl (C=O) groups is 1. The van der Waals surface area contributed by atoms with E-state index in [1.165, 1.54) is 0 Å². The number of anilines is 1. The Balaban J connectivity index is 2.00. The Kier molecular flexibility index (Phi) is 3.93. The summed E-state index contributed by atoms with van der Waals surface area (Å²) in [6.45, 7) is 1.94. The van der Waals surface area contributed by atoms with Gasteiger partial charge >= 0.3 is 0 Å². The van der Waals surface area contributed by atoms with Crippen molar-refractivity contribution < 1.29 is 9.90 Å². The van der Waals surface area contributed by atoms with Gasteiger partial charge in [0, 0.05) is 0 Å². The van der Waals surface area contributed by atoms with Gasteiger partial charge in [-0.25, -0.2) is 0 Å². The molecule has 1 saturated carbocycles. The van der Waals surface area contributed by atoms with Crippen LogP contribution in [0.15, 0.2) is 18.2 Å². The van der Waals surface area contributed by atoms with Crippen LogP contribution < -0.4 is 5.32 Å². The zero-order chi connectivity index (χ0) is 13.2. The first-order valence-electron chi connectivity index (χ1n) is 6.27. The molecule has 1 aromatic carbocycles. The van der Waals surface area contributed by atoms with Gasteiger partial charge in [-0.2, -0.15) is 0 Å². The maximum atomic E-state index is 11.9. The Morgan fingerprint density at radius 3 is 2.78 bits per heavy atom. The van der Waals surface area contributed by atoms with Crippen molar-refractivity contribution in [3.05, 3.63) is 28.8 Å². The van der Waals surface area contributed by atoms with Gasteiger partial charge in [-0.15, -0.1) is 0 Å². The summed E-state index contributed by atoms with van der Waals surface area (Å²) < 4.78 is 0. The van der Waals surface area contributed by atoms with Crippen molar-refractivity contribution in [1.82, 2.24) is 0 Å². The molecule has 0 radical (unpaired) electrons. The second-order valence-corrected chi connectivity index (χ2v) is 5.55. The van der Waals surface area contributed by atoms with Crippen LogP contribution >= 0.6 is 11.6 Å². The number of aliphatic hydroxyl groups is 1. The van der Waals surface area contributed by atoms with Gasteiger partial charge in [-0.3, -0.25) is 4.79 Å². The number of carbonyl (C=O) groups excluding carboxylic acids is 1. The summed E-state index contributed by atoms with van der Waals surface area (Å²) in [6, 6.07) is 5.48. The molecule has 2 rings (SSSR count). The minimum absolute atomic E-state index is 0.150. The van der Waals surface area contributed by atoms with E-state index in [-0.39, 0.29) is 12.3 Å². The molecule has 0 spiro atoms. The van der Waals surface area contributed by atoms with Crippen LogP contribution in [0.5, 0.6) is 0 Å². The first-order chi connectivity index (χ1) is 8.48. The number of halogens is 1. The van der Waals surface area contributed by atoms with Crippen LogP contribution in [-0.2, 0) is 4.79 Å². The molecule has 0 unspecified atom stereocenters. The summed E-state index contributed by atoms with van der Waals surface area (Å²) in [7, 11) is 0. The van der Waals surface area contributed by atoms with E-state index < -0.39 is 5.60 Å². The lowest BCUT2D eigenvalue weighted by molar-refractivity contribution is -0.120. The molecule has 1 fully saturated rings. The van der Waals surface area contributed by atoms with Gasteiger partial charge in [0.15, 0.2) is 0 Å². The standard InChI is InChI=1S/C14H18ClNO2/c1-10-4-5-11(15)12(8-10)16-13(17)9-14(18)6-2-3-7-14/h4-5,8,18H,2-3,6-7,9H2,1H3,(H,16,17). The Bertz CT molecular complexity index is 453. The number of benzene rings is 1. The first-order valence-corrected chi connectivity index (χ1v) is 6.65. The highest BCUT2D eigenvalue weighted by Crippen LogP contribution is 2.33. The summed E-state index contributed by atoms with van der Waals surface area (Å²) in [5.74, 6) is -0.174. The minimum atomic E-state index is -0.819. The number of amides is 1. The van der Waals surface area contributed by atoms with Crippen LogP contribution in [-0.4, -0.2) is 16.6 Å². The van der Waals surface area contributed by atoms with Gasteiger partial charge in [0.1, 0.15) is 0 Å². The highest BCUT2D eigenvalue weighted by atomic mass is 35.5. The minimum Gasteiger partial charge on any atom is -0.389 e. The van der Waals surface area contributed by atoms with E-state index >= 15 is 0 Å². The molecular formula is C14H18ClNO2. The van der Waals surface area contributed by atoms with Gasteiger partial charge in [0.2, 0.25) is 5.91 Å². The third-order valence-electron chi connectivity index (χ3n) is 3.42. The molecule has 0 atom stereocenters. The molecule has 98 valence electrons. The molecule has 0 heterocycles. The Morgan fingerprint density at radius 2 is 2.11 bits per heavy atom. The van der Waals surface area contributed by atoms with E-state index in [1.807, 2.05) is 19.1 Å². The molecule has 0 bridgehead atoms. The van der Waals surface area contributed by atoms with E-state index in [1.54, 1.807) is 6.07 Å². The monoisotopic (exact) mass is 267 g/mol. The molecule has 1 amide bonds. The number of aryl methyl sites for hydroxylation is 1. The fraction of sp³-hybridized carbons (Fsp3) is 0.500. The van der Waals surface area contributed by atoms with Crippen molar-refractivity contribution in [3.63, 3.8) is 0 Å². The summed E-state index contributed by atoms with van der Waals surface area (Å²) in [6.07, 6.45) is 3.56. The average molecular weight is 268 g/mol. The zero-order valence-electron chi connectivity index (χ0n) is 10.5. The topological polar surface area (TPSA) is 49.3 Å². The van der Waals surface area contributed by atoms with E-state index in [2.05, 4.69) is 5.32 Å². The van der Waals surface area contributed by atoms with Crippen molar-refractivity contribution in [1.29, 1.82) is 0 Å². The number of nitrogens with one attached hydrogen (secondary N) is 1. The zero-order valence-corrected chi connectivity index (χ0v) is 11.3. The quantitative estimate of drug-likeness (QED) is 0.883. The molecule has 0 aliphatic heterocycles. The second kappa shape index (κ2) is 5.29. The van der Waals surface area contributed by atoms with Gasteiger partial charge in [0.05, 0.1) is 22.7 Å². The Labute approximate surface area is 112 Å². The molecule has 1 aliphatic carbocycles. The lowest BCUT2D eigenvalue weighted by Crippen LogP contribution is -2.30. The lowest BCUT2D eigenvalue weighted by atomic mass is 9.97. The molecule has 1 aliphatic rings. The highest BCUT2D eigenvalue weighted by Gasteiger charge is 2.33. The third kappa shape index (κ3) is 3.24. The predicted octanol–water partition coefficient (Wildman–Crippen LogP) is 3.28. The van der Waals surface area contributed by atoms with Crippen LogP contribution in [0.25, 0.3) is 0 Å². The molecule has 1 aromatic rings. The molecule has 18 heavy (non-hydrogen) atoms. The SMILES string of the molecule is Cc1ccc(Cl)c(NC(=O)CC2(O)CCCC2)c1. The van der Waals surface area contributed by atoms with Crippen LogP contribution in [0.2, 0.25) is 5.02 Å². The van der Waals surface area contributed by atoms with E-state index in [4.69, 9.17) is 11.6 Å². The fourth-order valence-electron chi connectivity index (χ4n) is 2.44. The van der Waals surface area contributed by atoms with Crippen molar-refractivity contribution in [2.24, 2.45) is 0 Å². The second-order valence-electron chi connectivity index (χ2n) is 5.14. The van der Waals surface area contributed by atoms with E-state index in [0.29, 0.717) is 23.6 Å². The summed E-state index contributed by atoms with van der Waals surface area (Å²) in [5.41, 5.74) is 0.831. The van der Waals surface area contributed by atoms with Crippen molar-refractivity contribution in [3.8, 4) is 0 Å². The molecule has 4 heteroatoms. The molecular weight excluding hydrogens is 250 g/mol. The van der Waals surface area contributed by atoms with Crippen molar-refractivity contribution in [2.45, 2.75) is 44.6 Å². The maximum Gasteiger partial charge on any atom is 0.227 e. The average Bonchev–Trinajstić information content (AvgIpc) is 2.70. The first kappa shape index (κ1) is 13.4. The fourth-order valence-corrected chi connectivity index (χ4v) is 2.60. The van der Waals surface area contributed by atoms with Crippen molar-refractivity contribution in [2.75, 3.05) is 5.32 Å². The van der Waals surface area contributed by atoms with Crippen LogP contribution in [0, 0.1) is 6.92 Å². The van der Waals surface area contributed by atoms with Crippen LogP contribution in [0.3, 0.4) is 0 Å². The van der Waals surface area contributed by atoms with E-state index in [0.717, 1.165) is 18.4 Å². The maximum absolute atomic E-state index is 11.9. The van der Waals surface area contributed by atoms with Gasteiger partial charge < -0.3 is 10.4 Å². The molecule has 0 aromatic heterocycles. The number of rotatable bonds is 3. The number of hydrogen-bond donors (Lipinski definition) is 2. The smallest absolute Gasteiger partial charge is 0.227 e. The van der Waals surface area contributed by atoms with Crippen LogP contribution in [0.1, 0.15) is 37.7 Å². The van der Waals surface area contributed by atoms with Gasteiger partial charge in [-0.05, 0) is 37.5 Å². The van der Waals surface area contributed by atoms with E-state index in [9.17, 15) is 9.90 Å². The third-order valence-corrected chi connectivity index (χ3v) is 3.75. The van der Waals surface area contributed by atoms with Crippen LogP contribution in [0.4, 0.5) is 5.69 Å². The van der Waals surface area contributed by atoms with Gasteiger partial charge in [0.25, 0.3) is 0 Å². The summed E-state index contributed by atoms with van der Waals surface area (Å²) >= 11 is 6.01. The Morgan fingerprint density at radius 1 is 1.44 bits per heavy atom. The highest BCUT2D eigenvalue weighted by molar-refractivity contribution is 6.33. The molecule has 2 N–H and O–H groups in total. The summed E-state index contributed by atoms with van der Waals surface area (Å²) in [4.78, 5) is 11.9. The Hall–Kier alpha value is -1.06. The predicted molar refractivity (Wildman–Crippen MR) is 72.9 cm³/mol. The normalized spacial score (nSPS) is 17.7. The molecule has 3 nitrogen and oxygen atoms in total. The number of hydrogen-bond acceptors (Lipinski definition) is 2. The summed E-state index contributed by atoms with van der Waals surface area (Å²) in [5, 5.41) is 13.5.